The monoisotopic (exact) mass is 336 g/mol. The van der Waals surface area contributed by atoms with E-state index in [1.54, 1.807) is 11.0 Å². The van der Waals surface area contributed by atoms with E-state index >= 15 is 0 Å². The molecule has 0 aliphatic carbocycles. The Morgan fingerprint density at radius 3 is 2.67 bits per heavy atom. The van der Waals surface area contributed by atoms with E-state index in [0.717, 1.165) is 58.2 Å². The van der Waals surface area contributed by atoms with Crippen LogP contribution >= 0.6 is 0 Å². The first-order valence-electron chi connectivity index (χ1n) is 8.96. The molecule has 24 heavy (non-hydrogen) atoms. The highest BCUT2D eigenvalue weighted by atomic mass is 16.5. The molecule has 2 saturated heterocycles. The minimum absolute atomic E-state index is 0.0658. The van der Waals surface area contributed by atoms with Crippen LogP contribution in [-0.2, 0) is 11.3 Å². The topological polar surface area (TPSA) is 62.0 Å². The Bertz CT molecular complexity index is 522. The zero-order chi connectivity index (χ0) is 16.8. The van der Waals surface area contributed by atoms with E-state index in [1.807, 2.05) is 7.05 Å². The Hall–Kier alpha value is -1.44. The first-order chi connectivity index (χ1) is 11.7. The normalized spacial score (nSPS) is 20.2. The van der Waals surface area contributed by atoms with Crippen LogP contribution < -0.4 is 0 Å². The van der Waals surface area contributed by atoms with Gasteiger partial charge in [-0.15, -0.1) is 0 Å². The van der Waals surface area contributed by atoms with E-state index in [1.165, 1.54) is 19.3 Å². The van der Waals surface area contributed by atoms with Crippen molar-refractivity contribution in [3.8, 4) is 0 Å². The van der Waals surface area contributed by atoms with Crippen LogP contribution in [0.1, 0.15) is 35.5 Å². The maximum absolute atomic E-state index is 12.5. The molecule has 2 fully saturated rings. The molecular formula is C17H28N4O3. The van der Waals surface area contributed by atoms with Gasteiger partial charge >= 0.3 is 0 Å². The van der Waals surface area contributed by atoms with Crippen LogP contribution in [-0.4, -0.2) is 85.3 Å². The molecule has 1 aromatic rings. The SMILES string of the molecule is CN(CCN1CCCCC1)C(=O)c1cc(CN2CCOCC2)on1. The van der Waals surface area contributed by atoms with Crippen LogP contribution in [0.2, 0.25) is 0 Å². The number of carbonyl (C=O) groups excluding carboxylic acids is 1. The van der Waals surface area contributed by atoms with Crippen LogP contribution in [0.4, 0.5) is 0 Å². The van der Waals surface area contributed by atoms with Crippen molar-refractivity contribution in [2.24, 2.45) is 0 Å². The number of nitrogens with zero attached hydrogens (tertiary/aromatic N) is 4. The number of carbonyl (C=O) groups is 1. The van der Waals surface area contributed by atoms with E-state index in [9.17, 15) is 4.79 Å². The summed E-state index contributed by atoms with van der Waals surface area (Å²) in [5, 5.41) is 3.96. The summed E-state index contributed by atoms with van der Waals surface area (Å²) in [6.07, 6.45) is 3.87. The second-order valence-electron chi connectivity index (χ2n) is 6.70. The number of hydrogen-bond donors (Lipinski definition) is 0. The lowest BCUT2D eigenvalue weighted by Gasteiger charge is -2.28. The average Bonchev–Trinajstić information content (AvgIpc) is 3.09. The minimum atomic E-state index is -0.0658. The molecule has 0 unspecified atom stereocenters. The second kappa shape index (κ2) is 8.60. The predicted octanol–water partition coefficient (Wildman–Crippen LogP) is 1.06. The number of ether oxygens (including phenoxy) is 1. The maximum Gasteiger partial charge on any atom is 0.275 e. The van der Waals surface area contributed by atoms with Crippen LogP contribution in [0.25, 0.3) is 0 Å². The number of likely N-dealkylation sites (tertiary alicyclic amines) is 1. The molecule has 0 radical (unpaired) electrons. The predicted molar refractivity (Wildman–Crippen MR) is 89.9 cm³/mol. The standard InChI is InChI=1S/C17H28N4O3/c1-19(7-8-20-5-3-2-4-6-20)17(22)16-13-15(24-18-16)14-21-9-11-23-12-10-21/h13H,2-12,14H2,1H3. The molecule has 134 valence electrons. The van der Waals surface area contributed by atoms with E-state index < -0.39 is 0 Å². The highest BCUT2D eigenvalue weighted by Gasteiger charge is 2.20. The minimum Gasteiger partial charge on any atom is -0.379 e. The summed E-state index contributed by atoms with van der Waals surface area (Å²) < 4.78 is 10.7. The lowest BCUT2D eigenvalue weighted by molar-refractivity contribution is 0.0305. The summed E-state index contributed by atoms with van der Waals surface area (Å²) >= 11 is 0. The first-order valence-corrected chi connectivity index (χ1v) is 8.96. The van der Waals surface area contributed by atoms with Gasteiger partial charge in [-0.25, -0.2) is 0 Å². The fourth-order valence-corrected chi connectivity index (χ4v) is 3.24. The van der Waals surface area contributed by atoms with Crippen molar-refractivity contribution in [3.63, 3.8) is 0 Å². The van der Waals surface area contributed by atoms with Crippen molar-refractivity contribution in [2.45, 2.75) is 25.8 Å². The van der Waals surface area contributed by atoms with Gasteiger partial charge in [-0.2, -0.15) is 0 Å². The van der Waals surface area contributed by atoms with Crippen LogP contribution in [0.3, 0.4) is 0 Å². The number of morpholine rings is 1. The zero-order valence-electron chi connectivity index (χ0n) is 14.6. The van der Waals surface area contributed by atoms with Crippen molar-refractivity contribution >= 4 is 5.91 Å². The lowest BCUT2D eigenvalue weighted by Crippen LogP contribution is -2.38. The fourth-order valence-electron chi connectivity index (χ4n) is 3.24. The van der Waals surface area contributed by atoms with Gasteiger partial charge in [0, 0.05) is 39.3 Å². The first kappa shape index (κ1) is 17.4. The van der Waals surface area contributed by atoms with Crippen LogP contribution in [0.5, 0.6) is 0 Å². The molecule has 3 heterocycles. The summed E-state index contributed by atoms with van der Waals surface area (Å²) in [7, 11) is 1.84. The third-order valence-corrected chi connectivity index (χ3v) is 4.81. The molecule has 2 aliphatic rings. The molecule has 0 atom stereocenters. The molecule has 2 aliphatic heterocycles. The Morgan fingerprint density at radius 2 is 1.92 bits per heavy atom. The van der Waals surface area contributed by atoms with E-state index in [4.69, 9.17) is 9.26 Å². The zero-order valence-corrected chi connectivity index (χ0v) is 14.6. The van der Waals surface area contributed by atoms with Crippen molar-refractivity contribution in [1.82, 2.24) is 19.9 Å². The molecule has 0 bridgehead atoms. The number of rotatable bonds is 6. The number of piperidine rings is 1. The molecular weight excluding hydrogens is 308 g/mol. The number of hydrogen-bond acceptors (Lipinski definition) is 6. The lowest BCUT2D eigenvalue weighted by atomic mass is 10.1. The fraction of sp³-hybridized carbons (Fsp3) is 0.765. The molecule has 0 aromatic carbocycles. The van der Waals surface area contributed by atoms with Gasteiger partial charge in [-0.1, -0.05) is 11.6 Å². The molecule has 1 amide bonds. The third kappa shape index (κ3) is 4.78. The van der Waals surface area contributed by atoms with Crippen LogP contribution in [0, 0.1) is 0 Å². The highest BCUT2D eigenvalue weighted by molar-refractivity contribution is 5.92. The Balaban J connectivity index is 1.46. The molecule has 0 spiro atoms. The summed E-state index contributed by atoms with van der Waals surface area (Å²) in [6.45, 7) is 7.91. The van der Waals surface area contributed by atoms with Gasteiger partial charge in [0.25, 0.3) is 5.91 Å². The van der Waals surface area contributed by atoms with Gasteiger partial charge in [0.15, 0.2) is 11.5 Å². The molecule has 0 saturated carbocycles. The van der Waals surface area contributed by atoms with E-state index in [-0.39, 0.29) is 5.91 Å². The van der Waals surface area contributed by atoms with Gasteiger partial charge in [0.2, 0.25) is 0 Å². The molecule has 7 nitrogen and oxygen atoms in total. The van der Waals surface area contributed by atoms with Gasteiger partial charge in [-0.3, -0.25) is 9.69 Å². The Morgan fingerprint density at radius 1 is 1.17 bits per heavy atom. The maximum atomic E-state index is 12.5. The summed E-state index contributed by atoms with van der Waals surface area (Å²) in [6, 6.07) is 1.77. The van der Waals surface area contributed by atoms with Crippen molar-refractivity contribution < 1.29 is 14.1 Å². The quantitative estimate of drug-likeness (QED) is 0.774. The van der Waals surface area contributed by atoms with Gasteiger partial charge < -0.3 is 19.1 Å². The van der Waals surface area contributed by atoms with Crippen molar-refractivity contribution in [1.29, 1.82) is 0 Å². The van der Waals surface area contributed by atoms with E-state index in [2.05, 4.69) is 15.0 Å². The van der Waals surface area contributed by atoms with Gasteiger partial charge in [-0.05, 0) is 25.9 Å². The summed E-state index contributed by atoms with van der Waals surface area (Å²) in [5.74, 6) is 0.675. The molecule has 1 aromatic heterocycles. The number of aromatic nitrogens is 1. The Kier molecular flexibility index (Phi) is 6.23. The van der Waals surface area contributed by atoms with Gasteiger partial charge in [0.1, 0.15) is 0 Å². The molecule has 0 N–H and O–H groups in total. The number of likely N-dealkylation sites (N-methyl/N-ethyl adjacent to an activating group) is 1. The average molecular weight is 336 g/mol. The van der Waals surface area contributed by atoms with Crippen molar-refractivity contribution in [2.75, 3.05) is 59.5 Å². The van der Waals surface area contributed by atoms with E-state index in [0.29, 0.717) is 12.2 Å². The Labute approximate surface area is 143 Å². The molecule has 3 rings (SSSR count). The smallest absolute Gasteiger partial charge is 0.275 e. The highest BCUT2D eigenvalue weighted by Crippen LogP contribution is 2.11. The summed E-state index contributed by atoms with van der Waals surface area (Å²) in [5.41, 5.74) is 0.402. The van der Waals surface area contributed by atoms with Gasteiger partial charge in [0.05, 0.1) is 19.8 Å². The summed E-state index contributed by atoms with van der Waals surface area (Å²) in [4.78, 5) is 18.9. The number of amides is 1. The second-order valence-corrected chi connectivity index (χ2v) is 6.70. The van der Waals surface area contributed by atoms with Crippen LogP contribution in [0.15, 0.2) is 10.6 Å². The largest absolute Gasteiger partial charge is 0.379 e. The third-order valence-electron chi connectivity index (χ3n) is 4.81. The molecule has 7 heteroatoms. The van der Waals surface area contributed by atoms with Crippen molar-refractivity contribution in [3.05, 3.63) is 17.5 Å².